The van der Waals surface area contributed by atoms with Crippen molar-refractivity contribution < 1.29 is 0 Å². The predicted molar refractivity (Wildman–Crippen MR) is 54.0 cm³/mol. The molecule has 2 rings (SSSR count). The zero-order valence-electron chi connectivity index (χ0n) is 7.12. The summed E-state index contributed by atoms with van der Waals surface area (Å²) in [5.41, 5.74) is 7.97. The molecule has 0 unspecified atom stereocenters. The van der Waals surface area contributed by atoms with Gasteiger partial charge in [-0.1, -0.05) is 11.3 Å². The minimum atomic E-state index is 0.423. The Morgan fingerprint density at radius 2 is 2.43 bits per heavy atom. The van der Waals surface area contributed by atoms with Gasteiger partial charge >= 0.3 is 0 Å². The molecule has 72 valence electrons. The molecule has 0 radical (unpaired) electrons. The van der Waals surface area contributed by atoms with Crippen molar-refractivity contribution in [3.63, 3.8) is 0 Å². The molecule has 5 nitrogen and oxygen atoms in total. The van der Waals surface area contributed by atoms with Crippen molar-refractivity contribution in [1.82, 2.24) is 20.2 Å². The number of hydrogen-bond donors (Lipinski definition) is 1. The second-order valence-electron chi connectivity index (χ2n) is 2.34. The van der Waals surface area contributed by atoms with Gasteiger partial charge in [0.1, 0.15) is 5.51 Å². The molecular weight excluding hydrogens is 218 g/mol. The van der Waals surface area contributed by atoms with Crippen molar-refractivity contribution in [2.75, 3.05) is 0 Å². The minimum Gasteiger partial charge on any atom is -0.325 e. The van der Waals surface area contributed by atoms with Crippen molar-refractivity contribution in [3.05, 3.63) is 23.5 Å². The van der Waals surface area contributed by atoms with E-state index in [1.54, 1.807) is 17.8 Å². The molecule has 0 amide bonds. The van der Waals surface area contributed by atoms with Gasteiger partial charge in [-0.05, 0) is 17.8 Å². The van der Waals surface area contributed by atoms with Crippen molar-refractivity contribution in [1.29, 1.82) is 0 Å². The Labute approximate surface area is 88.8 Å². The van der Waals surface area contributed by atoms with E-state index >= 15 is 0 Å². The van der Waals surface area contributed by atoms with Gasteiger partial charge in [0.2, 0.25) is 0 Å². The second-order valence-corrected chi connectivity index (χ2v) is 4.39. The molecule has 0 bridgehead atoms. The summed E-state index contributed by atoms with van der Waals surface area (Å²) in [4.78, 5) is 8.33. The van der Waals surface area contributed by atoms with Crippen molar-refractivity contribution in [3.8, 4) is 0 Å². The number of nitrogens with two attached hydrogens (primary N) is 1. The maximum absolute atomic E-state index is 5.47. The summed E-state index contributed by atoms with van der Waals surface area (Å²) in [7, 11) is 0. The van der Waals surface area contributed by atoms with Gasteiger partial charge in [-0.15, -0.1) is 10.2 Å². The zero-order valence-corrected chi connectivity index (χ0v) is 8.75. The molecule has 2 heterocycles. The van der Waals surface area contributed by atoms with Gasteiger partial charge in [-0.3, -0.25) is 0 Å². The van der Waals surface area contributed by atoms with Crippen LogP contribution in [0.1, 0.15) is 5.69 Å². The first-order valence-corrected chi connectivity index (χ1v) is 5.54. The first-order chi connectivity index (χ1) is 6.88. The molecule has 0 atom stereocenters. The first kappa shape index (κ1) is 9.50. The van der Waals surface area contributed by atoms with Crippen LogP contribution in [0.4, 0.5) is 0 Å². The summed E-state index contributed by atoms with van der Waals surface area (Å²) in [5.74, 6) is 0. The Morgan fingerprint density at radius 1 is 1.50 bits per heavy atom. The number of aromatic nitrogens is 4. The maximum atomic E-state index is 5.47. The van der Waals surface area contributed by atoms with E-state index in [1.807, 2.05) is 0 Å². The standard InChI is InChI=1S/C7H7N5S2/c8-3-5-1-2-9-6(11-5)14-7-12-10-4-13-7/h1-2,4H,3,8H2. The molecule has 2 aromatic heterocycles. The molecule has 0 aliphatic heterocycles. The highest BCUT2D eigenvalue weighted by Crippen LogP contribution is 2.24. The summed E-state index contributed by atoms with van der Waals surface area (Å²) >= 11 is 2.85. The normalized spacial score (nSPS) is 10.4. The number of hydrogen-bond acceptors (Lipinski definition) is 7. The van der Waals surface area contributed by atoms with Gasteiger partial charge in [0.15, 0.2) is 9.50 Å². The SMILES string of the molecule is NCc1ccnc(Sc2nncs2)n1. The van der Waals surface area contributed by atoms with Crippen LogP contribution in [0.3, 0.4) is 0 Å². The maximum Gasteiger partial charge on any atom is 0.195 e. The highest BCUT2D eigenvalue weighted by molar-refractivity contribution is 8.00. The summed E-state index contributed by atoms with van der Waals surface area (Å²) in [5, 5.41) is 8.27. The van der Waals surface area contributed by atoms with Crippen LogP contribution in [0.2, 0.25) is 0 Å². The monoisotopic (exact) mass is 225 g/mol. The Morgan fingerprint density at radius 3 is 3.14 bits per heavy atom. The molecule has 0 saturated carbocycles. The molecule has 0 spiro atoms. The summed E-state index contributed by atoms with van der Waals surface area (Å²) in [6.45, 7) is 0.423. The third kappa shape index (κ3) is 2.25. The molecule has 0 aromatic carbocycles. The number of nitrogens with zero attached hydrogens (tertiary/aromatic N) is 4. The van der Waals surface area contributed by atoms with E-state index in [0.29, 0.717) is 11.7 Å². The molecule has 7 heteroatoms. The van der Waals surface area contributed by atoms with Crippen molar-refractivity contribution >= 4 is 23.1 Å². The van der Waals surface area contributed by atoms with Crippen molar-refractivity contribution in [2.24, 2.45) is 5.73 Å². The van der Waals surface area contributed by atoms with Crippen LogP contribution in [0, 0.1) is 0 Å². The molecule has 14 heavy (non-hydrogen) atoms. The molecule has 2 N–H and O–H groups in total. The van der Waals surface area contributed by atoms with E-state index in [2.05, 4.69) is 20.2 Å². The van der Waals surface area contributed by atoms with Gasteiger partial charge in [-0.25, -0.2) is 9.97 Å². The highest BCUT2D eigenvalue weighted by Gasteiger charge is 2.03. The van der Waals surface area contributed by atoms with Crippen molar-refractivity contribution in [2.45, 2.75) is 16.0 Å². The summed E-state index contributed by atoms with van der Waals surface area (Å²) in [6.07, 6.45) is 1.69. The minimum absolute atomic E-state index is 0.423. The van der Waals surface area contributed by atoms with E-state index in [-0.39, 0.29) is 0 Å². The lowest BCUT2D eigenvalue weighted by Crippen LogP contribution is -2.00. The van der Waals surface area contributed by atoms with Gasteiger partial charge in [0.05, 0.1) is 5.69 Å². The fraction of sp³-hybridized carbons (Fsp3) is 0.143. The zero-order chi connectivity index (χ0) is 9.80. The van der Waals surface area contributed by atoms with Gasteiger partial charge in [0.25, 0.3) is 0 Å². The van der Waals surface area contributed by atoms with Crippen LogP contribution in [-0.2, 0) is 6.54 Å². The highest BCUT2D eigenvalue weighted by atomic mass is 32.2. The van der Waals surface area contributed by atoms with E-state index in [4.69, 9.17) is 5.73 Å². The molecule has 2 aromatic rings. The van der Waals surface area contributed by atoms with E-state index in [1.165, 1.54) is 23.1 Å². The average molecular weight is 225 g/mol. The van der Waals surface area contributed by atoms with E-state index < -0.39 is 0 Å². The molecule has 0 aliphatic carbocycles. The Kier molecular flexibility index (Phi) is 3.02. The van der Waals surface area contributed by atoms with Crippen LogP contribution >= 0.6 is 23.1 Å². The molecular formula is C7H7N5S2. The van der Waals surface area contributed by atoms with Gasteiger partial charge in [0, 0.05) is 12.7 Å². The fourth-order valence-electron chi connectivity index (χ4n) is 0.824. The smallest absolute Gasteiger partial charge is 0.195 e. The summed E-state index contributed by atoms with van der Waals surface area (Å²) < 4.78 is 0.833. The topological polar surface area (TPSA) is 77.6 Å². The third-order valence-electron chi connectivity index (χ3n) is 1.42. The Balaban J connectivity index is 2.17. The quantitative estimate of drug-likeness (QED) is 0.783. The van der Waals surface area contributed by atoms with Gasteiger partial charge in [-0.2, -0.15) is 0 Å². The first-order valence-electron chi connectivity index (χ1n) is 3.84. The summed E-state index contributed by atoms with van der Waals surface area (Å²) in [6, 6.07) is 1.80. The van der Waals surface area contributed by atoms with Crippen LogP contribution in [0.15, 0.2) is 27.3 Å². The largest absolute Gasteiger partial charge is 0.325 e. The second kappa shape index (κ2) is 4.45. The molecule has 0 aliphatic rings. The molecule has 0 fully saturated rings. The Bertz CT molecular complexity index is 402. The van der Waals surface area contributed by atoms with Crippen LogP contribution < -0.4 is 5.73 Å². The fourth-order valence-corrected chi connectivity index (χ4v) is 2.17. The Hall–Kier alpha value is -1.05. The lowest BCUT2D eigenvalue weighted by atomic mass is 10.4. The predicted octanol–water partition coefficient (Wildman–Crippen LogP) is 0.938. The lowest BCUT2D eigenvalue weighted by molar-refractivity contribution is 0.872. The van der Waals surface area contributed by atoms with Crippen LogP contribution in [0.25, 0.3) is 0 Å². The van der Waals surface area contributed by atoms with Gasteiger partial charge < -0.3 is 5.73 Å². The number of rotatable bonds is 3. The third-order valence-corrected chi connectivity index (χ3v) is 3.08. The lowest BCUT2D eigenvalue weighted by Gasteiger charge is -1.97. The average Bonchev–Trinajstić information content (AvgIpc) is 2.71. The van der Waals surface area contributed by atoms with Crippen LogP contribution in [-0.4, -0.2) is 20.2 Å². The molecule has 0 saturated heterocycles. The van der Waals surface area contributed by atoms with E-state index in [9.17, 15) is 0 Å². The van der Waals surface area contributed by atoms with Crippen LogP contribution in [0.5, 0.6) is 0 Å². The van der Waals surface area contributed by atoms with E-state index in [0.717, 1.165) is 10.0 Å².